The average Bonchev–Trinajstić information content (AvgIpc) is 2.51. The summed E-state index contributed by atoms with van der Waals surface area (Å²) >= 11 is 0. The standard InChI is InChI=1S/C16H19N3O2.2ClH/c1-11-4-5-14(13-3-2-6-18-16(11)13)19-15(20)9-12-10-21-8-7-17-12;;/h2-6,12,17H,7-10H2,1H3,(H,19,20);2*1H. The topological polar surface area (TPSA) is 63.2 Å². The van der Waals surface area contributed by atoms with Crippen LogP contribution >= 0.6 is 24.8 Å². The maximum Gasteiger partial charge on any atom is 0.226 e. The molecule has 1 aromatic carbocycles. The fourth-order valence-electron chi connectivity index (χ4n) is 2.60. The number of benzene rings is 1. The summed E-state index contributed by atoms with van der Waals surface area (Å²) in [5.74, 6) is -0.00740. The lowest BCUT2D eigenvalue weighted by Crippen LogP contribution is -2.43. The first-order valence-corrected chi connectivity index (χ1v) is 7.19. The predicted molar refractivity (Wildman–Crippen MR) is 96.8 cm³/mol. The number of pyridine rings is 1. The Morgan fingerprint density at radius 1 is 1.39 bits per heavy atom. The van der Waals surface area contributed by atoms with Crippen LogP contribution in [0.5, 0.6) is 0 Å². The van der Waals surface area contributed by atoms with E-state index >= 15 is 0 Å². The number of ether oxygens (including phenoxy) is 1. The van der Waals surface area contributed by atoms with Gasteiger partial charge in [-0.15, -0.1) is 24.8 Å². The van der Waals surface area contributed by atoms with Crippen LogP contribution in [0.15, 0.2) is 30.5 Å². The Labute approximate surface area is 148 Å². The molecular formula is C16H21Cl2N3O2. The molecule has 0 radical (unpaired) electrons. The lowest BCUT2D eigenvalue weighted by Gasteiger charge is -2.23. The third kappa shape index (κ3) is 4.78. The molecule has 1 saturated heterocycles. The molecule has 2 N–H and O–H groups in total. The van der Waals surface area contributed by atoms with E-state index in [9.17, 15) is 4.79 Å². The Bertz CT molecular complexity index is 661. The molecule has 2 heterocycles. The minimum Gasteiger partial charge on any atom is -0.378 e. The Morgan fingerprint density at radius 2 is 2.22 bits per heavy atom. The normalized spacial score (nSPS) is 17.0. The molecule has 1 fully saturated rings. The van der Waals surface area contributed by atoms with Gasteiger partial charge >= 0.3 is 0 Å². The van der Waals surface area contributed by atoms with Gasteiger partial charge in [0.05, 0.1) is 24.4 Å². The van der Waals surface area contributed by atoms with E-state index in [1.807, 2.05) is 31.2 Å². The second-order valence-corrected chi connectivity index (χ2v) is 5.31. The van der Waals surface area contributed by atoms with Gasteiger partial charge in [0.2, 0.25) is 5.91 Å². The van der Waals surface area contributed by atoms with E-state index in [0.29, 0.717) is 19.6 Å². The molecule has 0 aliphatic carbocycles. The van der Waals surface area contributed by atoms with Crippen LogP contribution in [-0.4, -0.2) is 36.7 Å². The highest BCUT2D eigenvalue weighted by molar-refractivity contribution is 6.01. The summed E-state index contributed by atoms with van der Waals surface area (Å²) in [6, 6.07) is 7.86. The van der Waals surface area contributed by atoms with Gasteiger partial charge in [-0.05, 0) is 30.7 Å². The summed E-state index contributed by atoms with van der Waals surface area (Å²) in [6.45, 7) is 4.12. The van der Waals surface area contributed by atoms with Crippen LogP contribution < -0.4 is 10.6 Å². The average molecular weight is 358 g/mol. The Morgan fingerprint density at radius 3 is 2.96 bits per heavy atom. The first-order valence-electron chi connectivity index (χ1n) is 7.19. The van der Waals surface area contributed by atoms with Crippen molar-refractivity contribution in [3.63, 3.8) is 0 Å². The van der Waals surface area contributed by atoms with Crippen LogP contribution in [0, 0.1) is 6.92 Å². The Kier molecular flexibility index (Phi) is 7.72. The summed E-state index contributed by atoms with van der Waals surface area (Å²) in [7, 11) is 0. The maximum atomic E-state index is 12.2. The van der Waals surface area contributed by atoms with E-state index in [4.69, 9.17) is 4.74 Å². The molecular weight excluding hydrogens is 337 g/mol. The first-order chi connectivity index (χ1) is 10.2. The van der Waals surface area contributed by atoms with Crippen molar-refractivity contribution in [2.24, 2.45) is 0 Å². The second kappa shape index (κ2) is 9.03. The van der Waals surface area contributed by atoms with Crippen molar-refractivity contribution in [2.75, 3.05) is 25.1 Å². The molecule has 0 saturated carbocycles. The van der Waals surface area contributed by atoms with Crippen molar-refractivity contribution in [1.29, 1.82) is 0 Å². The van der Waals surface area contributed by atoms with Crippen LogP contribution in [0.4, 0.5) is 5.69 Å². The highest BCUT2D eigenvalue weighted by Gasteiger charge is 2.17. The minimum atomic E-state index is -0.00740. The number of hydrogen-bond acceptors (Lipinski definition) is 4. The number of amides is 1. The molecule has 0 bridgehead atoms. The minimum absolute atomic E-state index is 0. The number of rotatable bonds is 3. The van der Waals surface area contributed by atoms with E-state index in [1.165, 1.54) is 0 Å². The van der Waals surface area contributed by atoms with Crippen LogP contribution in [0.2, 0.25) is 0 Å². The zero-order valence-electron chi connectivity index (χ0n) is 12.9. The van der Waals surface area contributed by atoms with Crippen molar-refractivity contribution in [1.82, 2.24) is 10.3 Å². The van der Waals surface area contributed by atoms with E-state index in [-0.39, 0.29) is 36.8 Å². The third-order valence-electron chi connectivity index (χ3n) is 3.68. The molecule has 2 aromatic rings. The highest BCUT2D eigenvalue weighted by atomic mass is 35.5. The van der Waals surface area contributed by atoms with Gasteiger partial charge in [-0.2, -0.15) is 0 Å². The number of morpholine rings is 1. The fraction of sp³-hybridized carbons (Fsp3) is 0.375. The van der Waals surface area contributed by atoms with Crippen molar-refractivity contribution >= 4 is 47.3 Å². The fourth-order valence-corrected chi connectivity index (χ4v) is 2.60. The molecule has 1 aromatic heterocycles. The largest absolute Gasteiger partial charge is 0.378 e. The number of anilines is 1. The van der Waals surface area contributed by atoms with Crippen LogP contribution in [-0.2, 0) is 9.53 Å². The molecule has 1 atom stereocenters. The van der Waals surface area contributed by atoms with E-state index in [1.54, 1.807) is 6.20 Å². The van der Waals surface area contributed by atoms with Crippen LogP contribution in [0.3, 0.4) is 0 Å². The lowest BCUT2D eigenvalue weighted by atomic mass is 10.1. The molecule has 3 rings (SSSR count). The Balaban J connectivity index is 0.00000132. The van der Waals surface area contributed by atoms with Gasteiger partial charge in [0, 0.05) is 30.6 Å². The van der Waals surface area contributed by atoms with E-state index in [0.717, 1.165) is 28.7 Å². The molecule has 1 unspecified atom stereocenters. The van der Waals surface area contributed by atoms with E-state index in [2.05, 4.69) is 15.6 Å². The van der Waals surface area contributed by atoms with Gasteiger partial charge in [0.25, 0.3) is 0 Å². The summed E-state index contributed by atoms with van der Waals surface area (Å²) in [4.78, 5) is 16.6. The number of nitrogens with zero attached hydrogens (tertiary/aromatic N) is 1. The second-order valence-electron chi connectivity index (χ2n) is 5.31. The lowest BCUT2D eigenvalue weighted by molar-refractivity contribution is -0.117. The van der Waals surface area contributed by atoms with Gasteiger partial charge in [-0.1, -0.05) is 6.07 Å². The molecule has 7 heteroatoms. The predicted octanol–water partition coefficient (Wildman–Crippen LogP) is 2.70. The number of aromatic nitrogens is 1. The third-order valence-corrected chi connectivity index (χ3v) is 3.68. The number of nitrogens with one attached hydrogen (secondary N) is 2. The Hall–Kier alpha value is -1.40. The first kappa shape index (κ1) is 19.6. The summed E-state index contributed by atoms with van der Waals surface area (Å²) in [5, 5.41) is 7.24. The summed E-state index contributed by atoms with van der Waals surface area (Å²) < 4.78 is 5.37. The molecule has 0 spiro atoms. The molecule has 1 amide bonds. The smallest absolute Gasteiger partial charge is 0.226 e. The van der Waals surface area contributed by atoms with Gasteiger partial charge in [0.1, 0.15) is 0 Å². The monoisotopic (exact) mass is 357 g/mol. The maximum absolute atomic E-state index is 12.2. The summed E-state index contributed by atoms with van der Waals surface area (Å²) in [6.07, 6.45) is 2.18. The van der Waals surface area contributed by atoms with Crippen molar-refractivity contribution < 1.29 is 9.53 Å². The SMILES string of the molecule is Cc1ccc(NC(=O)CC2COCCN2)c2cccnc12.Cl.Cl. The molecule has 1 aliphatic rings. The van der Waals surface area contributed by atoms with Crippen LogP contribution in [0.25, 0.3) is 10.9 Å². The van der Waals surface area contributed by atoms with E-state index < -0.39 is 0 Å². The zero-order valence-corrected chi connectivity index (χ0v) is 14.5. The number of carbonyl (C=O) groups excluding carboxylic acids is 1. The number of hydrogen-bond donors (Lipinski definition) is 2. The van der Waals surface area contributed by atoms with Crippen molar-refractivity contribution in [2.45, 2.75) is 19.4 Å². The zero-order chi connectivity index (χ0) is 14.7. The number of halogens is 2. The molecule has 1 aliphatic heterocycles. The van der Waals surface area contributed by atoms with Gasteiger partial charge < -0.3 is 15.4 Å². The van der Waals surface area contributed by atoms with Crippen LogP contribution in [0.1, 0.15) is 12.0 Å². The van der Waals surface area contributed by atoms with Gasteiger partial charge in [0.15, 0.2) is 0 Å². The molecule has 23 heavy (non-hydrogen) atoms. The van der Waals surface area contributed by atoms with Gasteiger partial charge in [-0.25, -0.2) is 0 Å². The number of carbonyl (C=O) groups is 1. The number of aryl methyl sites for hydroxylation is 1. The molecule has 5 nitrogen and oxygen atoms in total. The molecule has 126 valence electrons. The summed E-state index contributed by atoms with van der Waals surface area (Å²) in [5.41, 5.74) is 2.84. The van der Waals surface area contributed by atoms with Crippen molar-refractivity contribution in [3.05, 3.63) is 36.0 Å². The quantitative estimate of drug-likeness (QED) is 0.886. The van der Waals surface area contributed by atoms with Crippen molar-refractivity contribution in [3.8, 4) is 0 Å². The highest BCUT2D eigenvalue weighted by Crippen LogP contribution is 2.24. The van der Waals surface area contributed by atoms with Gasteiger partial charge in [-0.3, -0.25) is 9.78 Å². The number of fused-ring (bicyclic) bond motifs is 1.